The third kappa shape index (κ3) is 11.3. The van der Waals surface area contributed by atoms with Gasteiger partial charge in [0.2, 0.25) is 0 Å². The minimum atomic E-state index is -5.03. The van der Waals surface area contributed by atoms with Gasteiger partial charge >= 0.3 is 18.3 Å². The number of hydrogen-bond acceptors (Lipinski definition) is 7. The van der Waals surface area contributed by atoms with Gasteiger partial charge in [0.25, 0.3) is 0 Å². The molecule has 0 aromatic heterocycles. The summed E-state index contributed by atoms with van der Waals surface area (Å²) in [5, 5.41) is 0.809. The number of ether oxygens (including phenoxy) is 3. The highest BCUT2D eigenvalue weighted by Gasteiger charge is 2.42. The van der Waals surface area contributed by atoms with Gasteiger partial charge in [-0.2, -0.15) is 13.2 Å². The maximum absolute atomic E-state index is 12.1. The van der Waals surface area contributed by atoms with Gasteiger partial charge in [-0.3, -0.25) is 0 Å². The lowest BCUT2D eigenvalue weighted by Crippen LogP contribution is -2.34. The van der Waals surface area contributed by atoms with Crippen molar-refractivity contribution in [3.63, 3.8) is 0 Å². The van der Waals surface area contributed by atoms with E-state index in [0.29, 0.717) is 25.7 Å². The maximum atomic E-state index is 12.1. The smallest absolute Gasteiger partial charge is 0.434 e. The lowest BCUT2D eigenvalue weighted by molar-refractivity contribution is -0.234. The molecule has 0 amide bonds. The highest BCUT2D eigenvalue weighted by molar-refractivity contribution is 5.75. The van der Waals surface area contributed by atoms with Crippen LogP contribution in [-0.4, -0.2) is 61.4 Å². The second-order valence-electron chi connectivity index (χ2n) is 7.30. The van der Waals surface area contributed by atoms with Crippen molar-refractivity contribution in [2.45, 2.75) is 77.7 Å². The number of nitrogens with zero attached hydrogens (tertiary/aromatic N) is 1. The maximum Gasteiger partial charge on any atom is 0.508 e. The normalized spacial score (nSPS) is 12.8. The van der Waals surface area contributed by atoms with E-state index in [1.807, 2.05) is 20.8 Å². The largest absolute Gasteiger partial charge is 0.508 e. The third-order valence-corrected chi connectivity index (χ3v) is 4.33. The number of rotatable bonds is 12. The molecule has 0 rings (SSSR count). The van der Waals surface area contributed by atoms with Crippen LogP contribution in [0.3, 0.4) is 0 Å². The molecule has 28 heavy (non-hydrogen) atoms. The Bertz CT molecular complexity index is 492. The summed E-state index contributed by atoms with van der Waals surface area (Å²) >= 11 is 0. The predicted molar refractivity (Wildman–Crippen MR) is 95.5 cm³/mol. The summed E-state index contributed by atoms with van der Waals surface area (Å²) in [7, 11) is 1.23. The molecule has 0 radical (unpaired) electrons. The molecule has 10 heteroatoms. The Morgan fingerprint density at radius 2 is 1.57 bits per heavy atom. The van der Waals surface area contributed by atoms with Crippen LogP contribution in [0.25, 0.3) is 0 Å². The minimum Gasteiger partial charge on any atom is -0.434 e. The van der Waals surface area contributed by atoms with E-state index in [9.17, 15) is 22.8 Å². The molecule has 0 aromatic rings. The molecule has 0 N–H and O–H groups in total. The summed E-state index contributed by atoms with van der Waals surface area (Å²) in [5.74, 6) is -2.26. The zero-order chi connectivity index (χ0) is 22.0. The van der Waals surface area contributed by atoms with Crippen molar-refractivity contribution in [3.8, 4) is 0 Å². The minimum absolute atomic E-state index is 0.0767. The van der Waals surface area contributed by atoms with Crippen LogP contribution in [0.5, 0.6) is 0 Å². The SMILES string of the molecule is CCC(C)(CC)OC(=O)OCCC(C)(C)OCCCN(C)OC(=O)C(F)(F)F. The fourth-order valence-electron chi connectivity index (χ4n) is 1.95. The Morgan fingerprint density at radius 1 is 1.00 bits per heavy atom. The second-order valence-corrected chi connectivity index (χ2v) is 7.30. The van der Waals surface area contributed by atoms with E-state index in [1.54, 1.807) is 13.8 Å². The van der Waals surface area contributed by atoms with Gasteiger partial charge in [0.15, 0.2) is 0 Å². The zero-order valence-corrected chi connectivity index (χ0v) is 17.5. The van der Waals surface area contributed by atoms with Crippen molar-refractivity contribution < 1.29 is 41.8 Å². The molecule has 0 aliphatic heterocycles. The molecule has 0 aliphatic carbocycles. The average molecular weight is 415 g/mol. The first-order valence-corrected chi connectivity index (χ1v) is 9.24. The molecule has 0 saturated carbocycles. The number of halogens is 3. The van der Waals surface area contributed by atoms with Gasteiger partial charge < -0.3 is 19.0 Å². The Balaban J connectivity index is 4.06. The summed E-state index contributed by atoms with van der Waals surface area (Å²) in [6.07, 6.45) is -3.63. The van der Waals surface area contributed by atoms with Crippen LogP contribution in [0.15, 0.2) is 0 Å². The number of carbonyl (C=O) groups is 2. The van der Waals surface area contributed by atoms with Crippen LogP contribution in [0.2, 0.25) is 0 Å². The molecule has 0 spiro atoms. The zero-order valence-electron chi connectivity index (χ0n) is 17.5. The Morgan fingerprint density at radius 3 is 2.07 bits per heavy atom. The van der Waals surface area contributed by atoms with Gasteiger partial charge in [0, 0.05) is 26.6 Å². The van der Waals surface area contributed by atoms with Crippen molar-refractivity contribution in [2.75, 3.05) is 26.8 Å². The van der Waals surface area contributed by atoms with Crippen LogP contribution in [-0.2, 0) is 23.8 Å². The highest BCUT2D eigenvalue weighted by Crippen LogP contribution is 2.21. The first kappa shape index (κ1) is 26.4. The number of hydrogen-bond donors (Lipinski definition) is 0. The molecule has 166 valence electrons. The van der Waals surface area contributed by atoms with Gasteiger partial charge in [-0.1, -0.05) is 13.8 Å². The molecule has 0 aromatic carbocycles. The first-order chi connectivity index (χ1) is 12.7. The molecule has 0 aliphatic rings. The highest BCUT2D eigenvalue weighted by atomic mass is 19.4. The first-order valence-electron chi connectivity index (χ1n) is 9.24. The van der Waals surface area contributed by atoms with Crippen LogP contribution >= 0.6 is 0 Å². The molecule has 7 nitrogen and oxygen atoms in total. The average Bonchev–Trinajstić information content (AvgIpc) is 2.57. The fraction of sp³-hybridized carbons (Fsp3) is 0.889. The molecule has 0 saturated heterocycles. The lowest BCUT2D eigenvalue weighted by atomic mass is 10.0. The van der Waals surface area contributed by atoms with Crippen LogP contribution in [0, 0.1) is 0 Å². The molecular weight excluding hydrogens is 383 g/mol. The Hall–Kier alpha value is -1.55. The van der Waals surface area contributed by atoms with Gasteiger partial charge in [-0.25, -0.2) is 9.59 Å². The van der Waals surface area contributed by atoms with Gasteiger partial charge in [0.1, 0.15) is 5.60 Å². The number of carbonyl (C=O) groups excluding carboxylic acids is 2. The van der Waals surface area contributed by atoms with E-state index < -0.39 is 29.5 Å². The van der Waals surface area contributed by atoms with Crippen LogP contribution < -0.4 is 0 Å². The topological polar surface area (TPSA) is 74.3 Å². The summed E-state index contributed by atoms with van der Waals surface area (Å²) in [6, 6.07) is 0. The van der Waals surface area contributed by atoms with Crippen LogP contribution in [0.1, 0.15) is 60.3 Å². The van der Waals surface area contributed by atoms with Gasteiger partial charge in [-0.05, 0) is 40.0 Å². The number of alkyl halides is 3. The van der Waals surface area contributed by atoms with Crippen molar-refractivity contribution in [3.05, 3.63) is 0 Å². The standard InChI is InChI=1S/C18H32F3NO6/c1-7-17(5,8-2)27-15(24)25-13-10-16(3,4)26-12-9-11-22(6)28-14(23)18(19,20)21/h7-13H2,1-6H3. The molecule has 0 heterocycles. The van der Waals surface area contributed by atoms with Crippen LogP contribution in [0.4, 0.5) is 18.0 Å². The van der Waals surface area contributed by atoms with Gasteiger partial charge in [-0.15, -0.1) is 5.06 Å². The fourth-order valence-corrected chi connectivity index (χ4v) is 1.95. The van der Waals surface area contributed by atoms with E-state index in [1.165, 1.54) is 7.05 Å². The summed E-state index contributed by atoms with van der Waals surface area (Å²) in [5.41, 5.74) is -1.16. The quantitative estimate of drug-likeness (QED) is 0.268. The van der Waals surface area contributed by atoms with Crippen molar-refractivity contribution in [2.24, 2.45) is 0 Å². The number of hydroxylamine groups is 2. The van der Waals surface area contributed by atoms with Crippen molar-refractivity contribution >= 4 is 12.1 Å². The lowest BCUT2D eigenvalue weighted by Gasteiger charge is -2.28. The van der Waals surface area contributed by atoms with Gasteiger partial charge in [0.05, 0.1) is 12.2 Å². The molecule has 0 bridgehead atoms. The molecule has 0 unspecified atom stereocenters. The second kappa shape index (κ2) is 11.5. The Labute approximate surface area is 164 Å². The van der Waals surface area contributed by atoms with E-state index in [-0.39, 0.29) is 19.8 Å². The molecule has 0 atom stereocenters. The third-order valence-electron chi connectivity index (χ3n) is 4.33. The summed E-state index contributed by atoms with van der Waals surface area (Å²) < 4.78 is 52.3. The van der Waals surface area contributed by atoms with Crippen molar-refractivity contribution in [1.29, 1.82) is 0 Å². The predicted octanol–water partition coefficient (Wildman–Crippen LogP) is 4.25. The van der Waals surface area contributed by atoms with E-state index in [0.717, 1.165) is 5.06 Å². The van der Waals surface area contributed by atoms with E-state index in [4.69, 9.17) is 14.2 Å². The molecule has 0 fully saturated rings. The monoisotopic (exact) mass is 415 g/mol. The van der Waals surface area contributed by atoms with Crippen molar-refractivity contribution in [1.82, 2.24) is 5.06 Å². The Kier molecular flexibility index (Phi) is 10.8. The van der Waals surface area contributed by atoms with E-state index >= 15 is 0 Å². The van der Waals surface area contributed by atoms with E-state index in [2.05, 4.69) is 4.84 Å². The summed E-state index contributed by atoms with van der Waals surface area (Å²) in [6.45, 7) is 9.71. The summed E-state index contributed by atoms with van der Waals surface area (Å²) in [4.78, 5) is 26.6. The molecular formula is C18H32F3NO6.